The monoisotopic (exact) mass is 341 g/mol. The Kier molecular flexibility index (Phi) is 4.74. The van der Waals surface area contributed by atoms with E-state index in [1.165, 1.54) is 28.8 Å². The van der Waals surface area contributed by atoms with E-state index in [0.29, 0.717) is 22.4 Å². The summed E-state index contributed by atoms with van der Waals surface area (Å²) in [6, 6.07) is 12.4. The molecule has 0 aliphatic carbocycles. The molecule has 25 heavy (non-hydrogen) atoms. The number of ether oxygens (including phenoxy) is 1. The van der Waals surface area contributed by atoms with Crippen molar-refractivity contribution in [1.29, 1.82) is 0 Å². The molecule has 0 aliphatic rings. The van der Waals surface area contributed by atoms with Crippen molar-refractivity contribution in [2.75, 3.05) is 6.61 Å². The largest absolute Gasteiger partial charge is 0.450 e. The second-order valence-electron chi connectivity index (χ2n) is 5.24. The van der Waals surface area contributed by atoms with Crippen molar-refractivity contribution in [3.05, 3.63) is 70.5 Å². The molecule has 3 aromatic rings. The van der Waals surface area contributed by atoms with Gasteiger partial charge in [-0.05, 0) is 43.3 Å². The second kappa shape index (κ2) is 7.12. The van der Waals surface area contributed by atoms with E-state index in [0.717, 1.165) is 0 Å². The van der Waals surface area contributed by atoms with Crippen molar-refractivity contribution in [2.45, 2.75) is 13.5 Å². The Balaban J connectivity index is 2.12. The molecule has 3 rings (SSSR count). The van der Waals surface area contributed by atoms with Crippen LogP contribution in [0.4, 0.5) is 9.18 Å². The van der Waals surface area contributed by atoms with Gasteiger partial charge in [-0.3, -0.25) is 9.36 Å². The first-order chi connectivity index (χ1) is 12.1. The van der Waals surface area contributed by atoms with Crippen LogP contribution < -0.4 is 10.9 Å². The first-order valence-electron chi connectivity index (χ1n) is 7.77. The lowest BCUT2D eigenvalue weighted by atomic mass is 10.2. The number of nitrogens with zero attached hydrogens (tertiary/aromatic N) is 2. The van der Waals surface area contributed by atoms with Gasteiger partial charge in [-0.25, -0.2) is 14.2 Å². The molecule has 0 saturated heterocycles. The van der Waals surface area contributed by atoms with Gasteiger partial charge in [-0.15, -0.1) is 0 Å². The number of aromatic nitrogens is 2. The van der Waals surface area contributed by atoms with E-state index in [-0.39, 0.29) is 18.7 Å². The van der Waals surface area contributed by atoms with Gasteiger partial charge in [0, 0.05) is 0 Å². The maximum Gasteiger partial charge on any atom is 0.407 e. The zero-order valence-electron chi connectivity index (χ0n) is 13.5. The van der Waals surface area contributed by atoms with Crippen molar-refractivity contribution >= 4 is 17.0 Å². The molecule has 1 heterocycles. The highest BCUT2D eigenvalue weighted by Gasteiger charge is 2.13. The SMILES string of the molecule is CCOC(=O)NCc1nc2ccccc2c(=O)n1-c1ccc(F)cc1. The summed E-state index contributed by atoms with van der Waals surface area (Å²) in [7, 11) is 0. The highest BCUT2D eigenvalue weighted by atomic mass is 19.1. The molecule has 0 saturated carbocycles. The van der Waals surface area contributed by atoms with Crippen LogP contribution in [0.1, 0.15) is 12.7 Å². The van der Waals surface area contributed by atoms with E-state index >= 15 is 0 Å². The number of amides is 1. The summed E-state index contributed by atoms with van der Waals surface area (Å²) in [6.45, 7) is 1.93. The summed E-state index contributed by atoms with van der Waals surface area (Å²) in [5.74, 6) is -0.0832. The molecule has 128 valence electrons. The van der Waals surface area contributed by atoms with Crippen molar-refractivity contribution in [2.24, 2.45) is 0 Å². The first kappa shape index (κ1) is 16.6. The summed E-state index contributed by atoms with van der Waals surface area (Å²) >= 11 is 0. The number of hydrogen-bond donors (Lipinski definition) is 1. The predicted octanol–water partition coefficient (Wildman–Crippen LogP) is 2.77. The van der Waals surface area contributed by atoms with E-state index < -0.39 is 11.9 Å². The van der Waals surface area contributed by atoms with Gasteiger partial charge in [0.05, 0.1) is 29.7 Å². The van der Waals surface area contributed by atoms with E-state index in [1.54, 1.807) is 31.2 Å². The van der Waals surface area contributed by atoms with Crippen LogP contribution in [0.3, 0.4) is 0 Å². The molecule has 0 atom stereocenters. The number of halogens is 1. The fourth-order valence-electron chi connectivity index (χ4n) is 2.49. The minimum Gasteiger partial charge on any atom is -0.450 e. The maximum absolute atomic E-state index is 13.2. The van der Waals surface area contributed by atoms with Gasteiger partial charge in [0.25, 0.3) is 5.56 Å². The molecule has 0 radical (unpaired) electrons. The Morgan fingerprint density at radius 2 is 1.92 bits per heavy atom. The fourth-order valence-corrected chi connectivity index (χ4v) is 2.49. The van der Waals surface area contributed by atoms with Gasteiger partial charge in [0.15, 0.2) is 0 Å². The van der Waals surface area contributed by atoms with Gasteiger partial charge >= 0.3 is 6.09 Å². The highest BCUT2D eigenvalue weighted by Crippen LogP contribution is 2.13. The van der Waals surface area contributed by atoms with E-state index in [1.807, 2.05) is 0 Å². The Hall–Kier alpha value is -3.22. The highest BCUT2D eigenvalue weighted by molar-refractivity contribution is 5.78. The van der Waals surface area contributed by atoms with Gasteiger partial charge in [0.2, 0.25) is 0 Å². The Morgan fingerprint density at radius 1 is 1.20 bits per heavy atom. The summed E-state index contributed by atoms with van der Waals surface area (Å²) in [6.07, 6.45) is -0.601. The Morgan fingerprint density at radius 3 is 2.64 bits per heavy atom. The normalized spacial score (nSPS) is 10.6. The summed E-state index contributed by atoms with van der Waals surface area (Å²) in [5, 5.41) is 2.99. The molecular formula is C18H16FN3O3. The van der Waals surface area contributed by atoms with Crippen molar-refractivity contribution in [3.63, 3.8) is 0 Å². The van der Waals surface area contributed by atoms with E-state index in [4.69, 9.17) is 4.74 Å². The lowest BCUT2D eigenvalue weighted by Gasteiger charge is -2.14. The standard InChI is InChI=1S/C18H16FN3O3/c1-2-25-18(24)20-11-16-21-15-6-4-3-5-14(15)17(23)22(16)13-9-7-12(19)8-10-13/h3-10H,2,11H2,1H3,(H,20,24). The minimum atomic E-state index is -0.601. The number of carbonyl (C=O) groups is 1. The number of alkyl carbamates (subject to hydrolysis) is 1. The van der Waals surface area contributed by atoms with Crippen LogP contribution in [0.2, 0.25) is 0 Å². The second-order valence-corrected chi connectivity index (χ2v) is 5.24. The third-order valence-electron chi connectivity index (χ3n) is 3.60. The minimum absolute atomic E-state index is 0.00369. The van der Waals surface area contributed by atoms with Gasteiger partial charge in [-0.2, -0.15) is 0 Å². The van der Waals surface area contributed by atoms with Crippen LogP contribution >= 0.6 is 0 Å². The van der Waals surface area contributed by atoms with Crippen LogP contribution in [0.15, 0.2) is 53.3 Å². The summed E-state index contributed by atoms with van der Waals surface area (Å²) in [5.41, 5.74) is 0.690. The molecule has 1 N–H and O–H groups in total. The molecule has 1 amide bonds. The number of carbonyl (C=O) groups excluding carboxylic acids is 1. The van der Waals surface area contributed by atoms with Crippen molar-refractivity contribution in [1.82, 2.24) is 14.9 Å². The number of fused-ring (bicyclic) bond motifs is 1. The molecule has 0 unspecified atom stereocenters. The Labute approximate surface area is 142 Å². The Bertz CT molecular complexity index is 967. The number of rotatable bonds is 4. The molecular weight excluding hydrogens is 325 g/mol. The quantitative estimate of drug-likeness (QED) is 0.792. The average Bonchev–Trinajstić information content (AvgIpc) is 2.61. The molecule has 0 spiro atoms. The first-order valence-corrected chi connectivity index (χ1v) is 7.77. The van der Waals surface area contributed by atoms with E-state index in [2.05, 4.69) is 10.3 Å². The van der Waals surface area contributed by atoms with Crippen LogP contribution in [0.25, 0.3) is 16.6 Å². The van der Waals surface area contributed by atoms with E-state index in [9.17, 15) is 14.0 Å². The summed E-state index contributed by atoms with van der Waals surface area (Å²) in [4.78, 5) is 28.9. The molecule has 1 aromatic heterocycles. The number of nitrogens with one attached hydrogen (secondary N) is 1. The number of hydrogen-bond acceptors (Lipinski definition) is 4. The topological polar surface area (TPSA) is 73.2 Å². The smallest absolute Gasteiger partial charge is 0.407 e. The molecule has 6 nitrogen and oxygen atoms in total. The molecule has 0 aliphatic heterocycles. The van der Waals surface area contributed by atoms with Gasteiger partial charge in [0.1, 0.15) is 11.6 Å². The van der Waals surface area contributed by atoms with Crippen LogP contribution in [-0.4, -0.2) is 22.3 Å². The van der Waals surface area contributed by atoms with Crippen LogP contribution in [0.5, 0.6) is 0 Å². The van der Waals surface area contributed by atoms with Crippen LogP contribution in [-0.2, 0) is 11.3 Å². The average molecular weight is 341 g/mol. The fraction of sp³-hybridized carbons (Fsp3) is 0.167. The number of para-hydroxylation sites is 1. The third-order valence-corrected chi connectivity index (χ3v) is 3.60. The zero-order chi connectivity index (χ0) is 17.8. The molecule has 7 heteroatoms. The molecule has 0 bridgehead atoms. The maximum atomic E-state index is 13.2. The van der Waals surface area contributed by atoms with Gasteiger partial charge < -0.3 is 10.1 Å². The lowest BCUT2D eigenvalue weighted by molar-refractivity contribution is 0.151. The molecule has 0 fully saturated rings. The molecule has 2 aromatic carbocycles. The third kappa shape index (κ3) is 3.50. The summed E-state index contributed by atoms with van der Waals surface area (Å²) < 4.78 is 19.4. The lowest BCUT2D eigenvalue weighted by Crippen LogP contribution is -2.30. The van der Waals surface area contributed by atoms with Crippen molar-refractivity contribution in [3.8, 4) is 5.69 Å². The predicted molar refractivity (Wildman–Crippen MR) is 91.2 cm³/mol. The zero-order valence-corrected chi connectivity index (χ0v) is 13.5. The van der Waals surface area contributed by atoms with Crippen LogP contribution in [0, 0.1) is 5.82 Å². The van der Waals surface area contributed by atoms with Crippen molar-refractivity contribution < 1.29 is 13.9 Å². The van der Waals surface area contributed by atoms with Gasteiger partial charge in [-0.1, -0.05) is 12.1 Å². The number of benzene rings is 2.